The van der Waals surface area contributed by atoms with E-state index in [0.717, 1.165) is 16.6 Å². The van der Waals surface area contributed by atoms with Gasteiger partial charge in [-0.2, -0.15) is 0 Å². The van der Waals surface area contributed by atoms with Crippen molar-refractivity contribution in [3.05, 3.63) is 63.6 Å². The van der Waals surface area contributed by atoms with Gasteiger partial charge < -0.3 is 5.32 Å². The van der Waals surface area contributed by atoms with Crippen molar-refractivity contribution in [2.24, 2.45) is 0 Å². The van der Waals surface area contributed by atoms with Crippen LogP contribution >= 0.6 is 46.8 Å². The van der Waals surface area contributed by atoms with Gasteiger partial charge in [-0.05, 0) is 66.5 Å². The van der Waals surface area contributed by atoms with E-state index < -0.39 is 0 Å². The zero-order valence-electron chi connectivity index (χ0n) is 15.7. The van der Waals surface area contributed by atoms with E-state index in [0.29, 0.717) is 20.7 Å². The van der Waals surface area contributed by atoms with E-state index in [4.69, 9.17) is 35.4 Å². The number of unbranched alkanes of at least 4 members (excludes halogenated alkanes) is 1. The second kappa shape index (κ2) is 10.2. The molecule has 0 aliphatic rings. The van der Waals surface area contributed by atoms with E-state index >= 15 is 0 Å². The summed E-state index contributed by atoms with van der Waals surface area (Å²) in [6.07, 6.45) is 6.36. The van der Waals surface area contributed by atoms with E-state index in [1.807, 2.05) is 6.07 Å². The third-order valence-electron chi connectivity index (χ3n) is 4.11. The van der Waals surface area contributed by atoms with Crippen LogP contribution in [0.15, 0.2) is 42.5 Å². The number of thiocarbonyl (C=S) groups is 1. The summed E-state index contributed by atoms with van der Waals surface area (Å²) in [7, 11) is 0. The fraction of sp³-hybridized carbons (Fsp3) is 0.190. The predicted molar refractivity (Wildman–Crippen MR) is 128 cm³/mol. The molecule has 8 heteroatoms. The number of amides is 1. The van der Waals surface area contributed by atoms with E-state index in [2.05, 4.69) is 34.7 Å². The van der Waals surface area contributed by atoms with Gasteiger partial charge in [0.2, 0.25) is 5.91 Å². The molecule has 3 aromatic rings. The van der Waals surface area contributed by atoms with Crippen molar-refractivity contribution >= 4 is 79.2 Å². The lowest BCUT2D eigenvalue weighted by Crippen LogP contribution is -2.32. The number of carbonyl (C=O) groups excluding carboxylic acids is 1. The first kappa shape index (κ1) is 21.7. The van der Waals surface area contributed by atoms with Crippen LogP contribution in [-0.4, -0.2) is 16.0 Å². The maximum absolute atomic E-state index is 12.1. The molecule has 0 spiro atoms. The SMILES string of the molecule is CCCCc1ccc2nc(NC(=S)NC(=O)C=Cc3ccc(Cl)cc3Cl)sc2c1. The molecule has 1 aromatic heterocycles. The molecule has 0 saturated carbocycles. The number of hydrogen-bond donors (Lipinski definition) is 2. The molecule has 1 heterocycles. The van der Waals surface area contributed by atoms with Crippen LogP contribution in [0.5, 0.6) is 0 Å². The van der Waals surface area contributed by atoms with Crippen LogP contribution in [0.3, 0.4) is 0 Å². The number of halogens is 2. The minimum Gasteiger partial charge on any atom is -0.308 e. The Balaban J connectivity index is 1.59. The summed E-state index contributed by atoms with van der Waals surface area (Å²) in [5.74, 6) is -0.364. The molecule has 0 fully saturated rings. The van der Waals surface area contributed by atoms with Crippen LogP contribution in [0, 0.1) is 0 Å². The average molecular weight is 464 g/mol. The smallest absolute Gasteiger partial charge is 0.250 e. The van der Waals surface area contributed by atoms with Gasteiger partial charge in [-0.3, -0.25) is 10.1 Å². The molecule has 4 nitrogen and oxygen atoms in total. The lowest BCUT2D eigenvalue weighted by Gasteiger charge is -2.04. The van der Waals surface area contributed by atoms with Crippen LogP contribution in [0.25, 0.3) is 16.3 Å². The van der Waals surface area contributed by atoms with Gasteiger partial charge in [0.15, 0.2) is 10.2 Å². The number of nitrogens with zero attached hydrogens (tertiary/aromatic N) is 1. The molecule has 0 aliphatic heterocycles. The predicted octanol–water partition coefficient (Wildman–Crippen LogP) is 6.47. The highest BCUT2D eigenvalue weighted by Gasteiger charge is 2.08. The average Bonchev–Trinajstić information content (AvgIpc) is 3.06. The van der Waals surface area contributed by atoms with Crippen LogP contribution in [0.1, 0.15) is 30.9 Å². The quantitative estimate of drug-likeness (QED) is 0.324. The molecule has 0 atom stereocenters. The maximum Gasteiger partial charge on any atom is 0.250 e. The fourth-order valence-corrected chi connectivity index (χ4v) is 4.31. The summed E-state index contributed by atoms with van der Waals surface area (Å²) in [5, 5.41) is 7.41. The molecule has 2 aromatic carbocycles. The van der Waals surface area contributed by atoms with Crippen molar-refractivity contribution in [1.82, 2.24) is 10.3 Å². The number of hydrogen-bond acceptors (Lipinski definition) is 4. The monoisotopic (exact) mass is 463 g/mol. The Bertz CT molecular complexity index is 1080. The Morgan fingerprint density at radius 1 is 1.24 bits per heavy atom. The lowest BCUT2D eigenvalue weighted by atomic mass is 10.1. The molecule has 0 aliphatic carbocycles. The number of thiazole rings is 1. The minimum atomic E-state index is -0.364. The maximum atomic E-state index is 12.1. The molecule has 0 bridgehead atoms. The van der Waals surface area contributed by atoms with Gasteiger partial charge in [-0.1, -0.05) is 60.0 Å². The molecular formula is C21H19Cl2N3OS2. The van der Waals surface area contributed by atoms with Gasteiger partial charge >= 0.3 is 0 Å². The van der Waals surface area contributed by atoms with Gasteiger partial charge in [0.05, 0.1) is 10.2 Å². The van der Waals surface area contributed by atoms with Gasteiger partial charge in [0.25, 0.3) is 0 Å². The highest BCUT2D eigenvalue weighted by molar-refractivity contribution is 7.80. The number of carbonyl (C=O) groups is 1. The second-order valence-electron chi connectivity index (χ2n) is 6.37. The van der Waals surface area contributed by atoms with E-state index in [9.17, 15) is 4.79 Å². The molecule has 29 heavy (non-hydrogen) atoms. The first-order valence-corrected chi connectivity index (χ1v) is 11.1. The summed E-state index contributed by atoms with van der Waals surface area (Å²) >= 11 is 18.7. The number of rotatable bonds is 6. The summed E-state index contributed by atoms with van der Waals surface area (Å²) in [6.45, 7) is 2.18. The molecule has 150 valence electrons. The summed E-state index contributed by atoms with van der Waals surface area (Å²) in [6, 6.07) is 11.3. The van der Waals surface area contributed by atoms with Crippen molar-refractivity contribution in [1.29, 1.82) is 0 Å². The van der Waals surface area contributed by atoms with Crippen LogP contribution in [-0.2, 0) is 11.2 Å². The van der Waals surface area contributed by atoms with Gasteiger partial charge in [0, 0.05) is 16.1 Å². The second-order valence-corrected chi connectivity index (χ2v) is 8.65. The third kappa shape index (κ3) is 6.24. The highest BCUT2D eigenvalue weighted by Crippen LogP contribution is 2.27. The van der Waals surface area contributed by atoms with Crippen molar-refractivity contribution in [3.8, 4) is 0 Å². The number of benzene rings is 2. The third-order valence-corrected chi connectivity index (χ3v) is 5.81. The fourth-order valence-electron chi connectivity index (χ4n) is 2.64. The zero-order valence-corrected chi connectivity index (χ0v) is 18.8. The van der Waals surface area contributed by atoms with Crippen LogP contribution in [0.2, 0.25) is 10.0 Å². The van der Waals surface area contributed by atoms with Crippen molar-refractivity contribution in [2.75, 3.05) is 5.32 Å². The number of anilines is 1. The van der Waals surface area contributed by atoms with Crippen LogP contribution < -0.4 is 10.6 Å². The number of aryl methyl sites for hydroxylation is 1. The standard InChI is InChI=1S/C21H19Cl2N3OS2/c1-2-3-4-13-5-9-17-18(11-13)29-21(24-17)26-20(28)25-19(27)10-7-14-6-8-15(22)12-16(14)23/h5-12H,2-4H2,1H3,(H2,24,25,26,27,28). The van der Waals surface area contributed by atoms with E-state index in [1.54, 1.807) is 24.3 Å². The molecular weight excluding hydrogens is 445 g/mol. The minimum absolute atomic E-state index is 0.187. The van der Waals surface area contributed by atoms with Crippen LogP contribution in [0.4, 0.5) is 5.13 Å². The molecule has 0 saturated heterocycles. The first-order valence-electron chi connectivity index (χ1n) is 9.09. The Morgan fingerprint density at radius 2 is 2.07 bits per heavy atom. The summed E-state index contributed by atoms with van der Waals surface area (Å²) < 4.78 is 1.09. The first-order chi connectivity index (χ1) is 13.9. The Labute approximate surface area is 188 Å². The molecule has 2 N–H and O–H groups in total. The summed E-state index contributed by atoms with van der Waals surface area (Å²) in [5.41, 5.74) is 2.90. The Kier molecular flexibility index (Phi) is 7.61. The van der Waals surface area contributed by atoms with Gasteiger partial charge in [-0.15, -0.1) is 0 Å². The normalized spacial score (nSPS) is 11.1. The lowest BCUT2D eigenvalue weighted by molar-refractivity contribution is -0.115. The summed E-state index contributed by atoms with van der Waals surface area (Å²) in [4.78, 5) is 16.6. The zero-order chi connectivity index (χ0) is 20.8. The Morgan fingerprint density at radius 3 is 2.83 bits per heavy atom. The topological polar surface area (TPSA) is 54.0 Å². The molecule has 0 radical (unpaired) electrons. The molecule has 0 unspecified atom stereocenters. The molecule has 1 amide bonds. The van der Waals surface area contributed by atoms with Gasteiger partial charge in [-0.25, -0.2) is 4.98 Å². The van der Waals surface area contributed by atoms with E-state index in [1.165, 1.54) is 35.8 Å². The van der Waals surface area contributed by atoms with Gasteiger partial charge in [0.1, 0.15) is 0 Å². The highest BCUT2D eigenvalue weighted by atomic mass is 35.5. The number of fused-ring (bicyclic) bond motifs is 1. The largest absolute Gasteiger partial charge is 0.308 e. The number of nitrogens with one attached hydrogen (secondary N) is 2. The van der Waals surface area contributed by atoms with Crippen molar-refractivity contribution in [2.45, 2.75) is 26.2 Å². The number of aromatic nitrogens is 1. The Hall–Kier alpha value is -1.99. The van der Waals surface area contributed by atoms with Crippen molar-refractivity contribution in [3.63, 3.8) is 0 Å². The van der Waals surface area contributed by atoms with E-state index in [-0.39, 0.29) is 11.0 Å². The molecule has 3 rings (SSSR count). The van der Waals surface area contributed by atoms with Crippen molar-refractivity contribution < 1.29 is 4.79 Å².